The summed E-state index contributed by atoms with van der Waals surface area (Å²) < 4.78 is 11.2. The fraction of sp³-hybridized carbons (Fsp3) is 0.462. The van der Waals surface area contributed by atoms with Crippen molar-refractivity contribution < 1.29 is 14.3 Å². The van der Waals surface area contributed by atoms with Crippen LogP contribution in [0.15, 0.2) is 18.2 Å². The van der Waals surface area contributed by atoms with Crippen LogP contribution >= 0.6 is 11.6 Å². The van der Waals surface area contributed by atoms with Crippen molar-refractivity contribution in [1.82, 2.24) is 0 Å². The van der Waals surface area contributed by atoms with Crippen molar-refractivity contribution in [3.8, 4) is 5.75 Å². The SMILES string of the molecule is O=Cc1c(Cl)cccc1OCC1CCCCO1. The molecule has 1 aliphatic rings. The predicted octanol–water partition coefficient (Wildman–Crippen LogP) is 3.10. The molecule has 0 radical (unpaired) electrons. The molecule has 4 heteroatoms. The fourth-order valence-corrected chi connectivity index (χ4v) is 2.09. The number of carbonyl (C=O) groups is 1. The van der Waals surface area contributed by atoms with Crippen molar-refractivity contribution >= 4 is 17.9 Å². The molecule has 3 nitrogen and oxygen atoms in total. The second kappa shape index (κ2) is 6.03. The number of hydrogen-bond donors (Lipinski definition) is 0. The highest BCUT2D eigenvalue weighted by molar-refractivity contribution is 6.33. The molecule has 1 aliphatic heterocycles. The Morgan fingerprint density at radius 1 is 1.47 bits per heavy atom. The smallest absolute Gasteiger partial charge is 0.155 e. The first-order valence-electron chi connectivity index (χ1n) is 5.79. The average molecular weight is 255 g/mol. The van der Waals surface area contributed by atoms with Crippen molar-refractivity contribution in [2.24, 2.45) is 0 Å². The molecule has 0 aromatic heterocycles. The molecule has 0 amide bonds. The summed E-state index contributed by atoms with van der Waals surface area (Å²) in [6, 6.07) is 5.19. The maximum Gasteiger partial charge on any atom is 0.155 e. The van der Waals surface area contributed by atoms with Crippen molar-refractivity contribution in [2.75, 3.05) is 13.2 Å². The number of carbonyl (C=O) groups excluding carboxylic acids is 1. The number of benzene rings is 1. The molecule has 0 aliphatic carbocycles. The Bertz CT molecular complexity index is 386. The molecule has 0 N–H and O–H groups in total. The van der Waals surface area contributed by atoms with Gasteiger partial charge in [0, 0.05) is 6.61 Å². The van der Waals surface area contributed by atoms with E-state index in [9.17, 15) is 4.79 Å². The van der Waals surface area contributed by atoms with Gasteiger partial charge in [-0.05, 0) is 31.4 Å². The Morgan fingerprint density at radius 2 is 2.35 bits per heavy atom. The first-order chi connectivity index (χ1) is 8.31. The van der Waals surface area contributed by atoms with Gasteiger partial charge in [0.05, 0.1) is 16.7 Å². The van der Waals surface area contributed by atoms with E-state index in [-0.39, 0.29) is 6.10 Å². The predicted molar refractivity (Wildman–Crippen MR) is 65.9 cm³/mol. The zero-order chi connectivity index (χ0) is 12.1. The minimum Gasteiger partial charge on any atom is -0.490 e. The molecule has 92 valence electrons. The second-order valence-electron chi connectivity index (χ2n) is 4.07. The van der Waals surface area contributed by atoms with E-state index in [0.29, 0.717) is 22.9 Å². The summed E-state index contributed by atoms with van der Waals surface area (Å²) in [6.07, 6.45) is 4.15. The average Bonchev–Trinajstić information content (AvgIpc) is 2.37. The third kappa shape index (κ3) is 3.20. The molecule has 1 atom stereocenters. The Kier molecular flexibility index (Phi) is 4.40. The Balaban J connectivity index is 1.98. The molecule has 0 bridgehead atoms. The van der Waals surface area contributed by atoms with Crippen LogP contribution in [-0.2, 0) is 4.74 Å². The van der Waals surface area contributed by atoms with Gasteiger partial charge in [0.25, 0.3) is 0 Å². The lowest BCUT2D eigenvalue weighted by atomic mass is 10.1. The number of ether oxygens (including phenoxy) is 2. The molecule has 0 spiro atoms. The summed E-state index contributed by atoms with van der Waals surface area (Å²) in [5.41, 5.74) is 0.407. The van der Waals surface area contributed by atoms with Gasteiger partial charge in [-0.1, -0.05) is 17.7 Å². The molecule has 1 aromatic rings. The Hall–Kier alpha value is -1.06. The van der Waals surface area contributed by atoms with Crippen LogP contribution in [0.5, 0.6) is 5.75 Å². The number of rotatable bonds is 4. The van der Waals surface area contributed by atoms with Crippen molar-refractivity contribution in [3.05, 3.63) is 28.8 Å². The van der Waals surface area contributed by atoms with E-state index in [2.05, 4.69) is 0 Å². The quantitative estimate of drug-likeness (QED) is 0.775. The summed E-state index contributed by atoms with van der Waals surface area (Å²) in [7, 11) is 0. The lowest BCUT2D eigenvalue weighted by Gasteiger charge is -2.23. The van der Waals surface area contributed by atoms with Crippen LogP contribution in [-0.4, -0.2) is 25.6 Å². The van der Waals surface area contributed by atoms with Gasteiger partial charge in [-0.3, -0.25) is 4.79 Å². The third-order valence-electron chi connectivity index (χ3n) is 2.83. The number of hydrogen-bond acceptors (Lipinski definition) is 3. The molecule has 17 heavy (non-hydrogen) atoms. The summed E-state index contributed by atoms with van der Waals surface area (Å²) in [5.74, 6) is 0.529. The maximum absolute atomic E-state index is 10.9. The second-order valence-corrected chi connectivity index (χ2v) is 4.48. The van der Waals surface area contributed by atoms with Crippen LogP contribution in [0.1, 0.15) is 29.6 Å². The van der Waals surface area contributed by atoms with Crippen LogP contribution in [0, 0.1) is 0 Å². The van der Waals surface area contributed by atoms with E-state index < -0.39 is 0 Å². The molecule has 1 saturated heterocycles. The standard InChI is InChI=1S/C13H15ClO3/c14-12-5-3-6-13(11(12)8-15)17-9-10-4-1-2-7-16-10/h3,5-6,8,10H,1-2,4,7,9H2. The molecule has 2 rings (SSSR count). The van der Waals surface area contributed by atoms with E-state index in [1.54, 1.807) is 18.2 Å². The molecule has 1 unspecified atom stereocenters. The molecule has 1 fully saturated rings. The highest BCUT2D eigenvalue weighted by Gasteiger charge is 2.15. The van der Waals surface area contributed by atoms with Gasteiger partial charge in [0.2, 0.25) is 0 Å². The number of aldehydes is 1. The Morgan fingerprint density at radius 3 is 3.06 bits per heavy atom. The van der Waals surface area contributed by atoms with Crippen LogP contribution in [0.25, 0.3) is 0 Å². The monoisotopic (exact) mass is 254 g/mol. The maximum atomic E-state index is 10.9. The summed E-state index contributed by atoms with van der Waals surface area (Å²) >= 11 is 5.91. The van der Waals surface area contributed by atoms with Crippen molar-refractivity contribution in [1.29, 1.82) is 0 Å². The lowest BCUT2D eigenvalue weighted by Crippen LogP contribution is -2.26. The zero-order valence-electron chi connectivity index (χ0n) is 9.52. The zero-order valence-corrected chi connectivity index (χ0v) is 10.3. The van der Waals surface area contributed by atoms with E-state index in [0.717, 1.165) is 25.7 Å². The Labute approximate surface area is 106 Å². The molecular formula is C13H15ClO3. The third-order valence-corrected chi connectivity index (χ3v) is 3.16. The normalized spacial score (nSPS) is 19.9. The minimum atomic E-state index is 0.127. The van der Waals surface area contributed by atoms with Gasteiger partial charge in [-0.15, -0.1) is 0 Å². The topological polar surface area (TPSA) is 35.5 Å². The molecule has 0 saturated carbocycles. The summed E-state index contributed by atoms with van der Waals surface area (Å²) in [6.45, 7) is 1.27. The van der Waals surface area contributed by atoms with Crippen LogP contribution in [0.4, 0.5) is 0 Å². The van der Waals surface area contributed by atoms with Gasteiger partial charge >= 0.3 is 0 Å². The molecule has 1 aromatic carbocycles. The molecular weight excluding hydrogens is 240 g/mol. The number of halogens is 1. The van der Waals surface area contributed by atoms with Gasteiger partial charge in [0.15, 0.2) is 6.29 Å². The first kappa shape index (κ1) is 12.4. The lowest BCUT2D eigenvalue weighted by molar-refractivity contribution is -0.0111. The summed E-state index contributed by atoms with van der Waals surface area (Å²) in [4.78, 5) is 10.9. The van der Waals surface area contributed by atoms with E-state index in [1.807, 2.05) is 0 Å². The van der Waals surface area contributed by atoms with E-state index in [1.165, 1.54) is 6.42 Å². The van der Waals surface area contributed by atoms with Gasteiger partial charge in [0.1, 0.15) is 12.4 Å². The minimum absolute atomic E-state index is 0.127. The highest BCUT2D eigenvalue weighted by atomic mass is 35.5. The van der Waals surface area contributed by atoms with Gasteiger partial charge in [-0.2, -0.15) is 0 Å². The first-order valence-corrected chi connectivity index (χ1v) is 6.17. The largest absolute Gasteiger partial charge is 0.490 e. The van der Waals surface area contributed by atoms with Crippen molar-refractivity contribution in [3.63, 3.8) is 0 Å². The van der Waals surface area contributed by atoms with E-state index in [4.69, 9.17) is 21.1 Å². The fourth-order valence-electron chi connectivity index (χ4n) is 1.88. The highest BCUT2D eigenvalue weighted by Crippen LogP contribution is 2.25. The summed E-state index contributed by atoms with van der Waals surface area (Å²) in [5, 5.41) is 0.419. The van der Waals surface area contributed by atoms with Gasteiger partial charge in [-0.25, -0.2) is 0 Å². The van der Waals surface area contributed by atoms with Gasteiger partial charge < -0.3 is 9.47 Å². The van der Waals surface area contributed by atoms with Crippen molar-refractivity contribution in [2.45, 2.75) is 25.4 Å². The molecule has 1 heterocycles. The van der Waals surface area contributed by atoms with Crippen LogP contribution in [0.2, 0.25) is 5.02 Å². The van der Waals surface area contributed by atoms with E-state index >= 15 is 0 Å². The van der Waals surface area contributed by atoms with Crippen LogP contribution in [0.3, 0.4) is 0 Å². The van der Waals surface area contributed by atoms with Crippen LogP contribution < -0.4 is 4.74 Å².